The van der Waals surface area contributed by atoms with E-state index in [1.165, 1.54) is 21.8 Å². The Hall–Kier alpha value is -5.10. The largest absolute Gasteiger partial charge is 0.386 e. The number of aliphatic hydroxyl groups is 2. The summed E-state index contributed by atoms with van der Waals surface area (Å²) in [5.41, 5.74) is 10.6. The minimum Gasteiger partial charge on any atom is -0.386 e. The van der Waals surface area contributed by atoms with Crippen molar-refractivity contribution in [1.82, 2.24) is 39.0 Å². The van der Waals surface area contributed by atoms with Crippen LogP contribution in [0.3, 0.4) is 0 Å². The Bertz CT molecular complexity index is 1810. The lowest BCUT2D eigenvalue weighted by Crippen LogP contribution is -2.32. The number of nitrogens with two attached hydrogens (primary N) is 2. The SMILES string of the molecule is Nc1nc2c(ncn2[C@@H]2O[C@@H]3CN=C=NC4[C@@H](CN=C=NC3[C@@H]2O)O[C@@H](n2cnc3c(=O)[nH]c(N)nc32)[C@H]4O)c(=O)[nH]1. The van der Waals surface area contributed by atoms with Crippen molar-refractivity contribution in [3.8, 4) is 0 Å². The molecular weight excluding hydrogens is 556 g/mol. The third-order valence-corrected chi connectivity index (χ3v) is 7.22. The van der Waals surface area contributed by atoms with Crippen LogP contribution in [0.5, 0.6) is 0 Å². The van der Waals surface area contributed by atoms with Gasteiger partial charge in [0, 0.05) is 0 Å². The summed E-state index contributed by atoms with van der Waals surface area (Å²) in [6, 6.07) is 3.46. The molecule has 0 saturated carbocycles. The van der Waals surface area contributed by atoms with Gasteiger partial charge in [0.1, 0.15) is 36.5 Å². The highest BCUT2D eigenvalue weighted by atomic mass is 16.5. The average Bonchev–Trinajstić information content (AvgIpc) is 3.69. The van der Waals surface area contributed by atoms with Gasteiger partial charge in [0.05, 0.1) is 37.8 Å². The van der Waals surface area contributed by atoms with Gasteiger partial charge in [-0.15, -0.1) is 0 Å². The molecule has 0 bridgehead atoms. The minimum atomic E-state index is -1.22. The molecule has 2 saturated heterocycles. The molecule has 2 fully saturated rings. The fourth-order valence-corrected chi connectivity index (χ4v) is 5.27. The maximum Gasteiger partial charge on any atom is 0.280 e. The van der Waals surface area contributed by atoms with Crippen LogP contribution in [-0.4, -0.2) is 111 Å². The van der Waals surface area contributed by atoms with Crippen LogP contribution in [0.1, 0.15) is 12.5 Å². The Morgan fingerprint density at radius 2 is 1.21 bits per heavy atom. The molecule has 20 nitrogen and oxygen atoms in total. The van der Waals surface area contributed by atoms with Gasteiger partial charge in [0.25, 0.3) is 11.1 Å². The summed E-state index contributed by atoms with van der Waals surface area (Å²) in [5, 5.41) is 22.2. The Kier molecular flexibility index (Phi) is 6.01. The Morgan fingerprint density at radius 3 is 1.64 bits per heavy atom. The van der Waals surface area contributed by atoms with E-state index in [-0.39, 0.29) is 47.3 Å². The fraction of sp³-hybridized carbons (Fsp3) is 0.455. The molecule has 42 heavy (non-hydrogen) atoms. The zero-order chi connectivity index (χ0) is 29.1. The standard InChI is InChI=1S/C22H22N14O6/c23-21-31-15-11(17(39)33-21)29-5-35(15)19-13(37)9-7(41-19)1-25-3-27-10-8(2-26-4-28-9)42-20(14(10)38)36-6-30-12-16(36)32-22(24)34-18(12)40/h5-10,13-14,19-20,37-38H,1-2H2,(H3,23,31,33,39)(H3,24,32,34,40)/t7-,8-,9?,10?,13+,14+,19-,20-/m1/s1. The van der Waals surface area contributed by atoms with Crippen LogP contribution in [0.25, 0.3) is 22.3 Å². The highest BCUT2D eigenvalue weighted by Crippen LogP contribution is 2.34. The van der Waals surface area contributed by atoms with Crippen molar-refractivity contribution in [3.63, 3.8) is 0 Å². The lowest BCUT2D eigenvalue weighted by Gasteiger charge is -2.16. The van der Waals surface area contributed by atoms with Crippen molar-refractivity contribution in [2.24, 2.45) is 20.0 Å². The van der Waals surface area contributed by atoms with E-state index < -0.39 is 60.1 Å². The van der Waals surface area contributed by atoms with E-state index in [0.717, 1.165) is 0 Å². The topological polar surface area (TPSA) is 288 Å². The number of nitrogens with one attached hydrogen (secondary N) is 2. The highest BCUT2D eigenvalue weighted by Gasteiger charge is 2.47. The zero-order valence-electron chi connectivity index (χ0n) is 21.3. The molecule has 2 unspecified atom stereocenters. The second-order valence-corrected chi connectivity index (χ2v) is 9.78. The third kappa shape index (κ3) is 4.10. The summed E-state index contributed by atoms with van der Waals surface area (Å²) in [4.78, 5) is 62.4. The van der Waals surface area contributed by atoms with E-state index in [9.17, 15) is 19.8 Å². The predicted molar refractivity (Wildman–Crippen MR) is 142 cm³/mol. The maximum absolute atomic E-state index is 12.2. The van der Waals surface area contributed by atoms with Crippen LogP contribution >= 0.6 is 0 Å². The van der Waals surface area contributed by atoms with Crippen molar-refractivity contribution < 1.29 is 19.7 Å². The van der Waals surface area contributed by atoms with E-state index in [2.05, 4.69) is 61.9 Å². The van der Waals surface area contributed by atoms with Crippen LogP contribution in [0.2, 0.25) is 0 Å². The first-order chi connectivity index (χ1) is 20.3. The van der Waals surface area contributed by atoms with Crippen molar-refractivity contribution in [3.05, 3.63) is 33.4 Å². The van der Waals surface area contributed by atoms with Gasteiger partial charge in [-0.3, -0.25) is 28.7 Å². The third-order valence-electron chi connectivity index (χ3n) is 7.22. The number of imidazole rings is 2. The van der Waals surface area contributed by atoms with Gasteiger partial charge >= 0.3 is 0 Å². The zero-order valence-corrected chi connectivity index (χ0v) is 21.3. The number of fused-ring (bicyclic) bond motifs is 4. The molecule has 3 aliphatic heterocycles. The number of aliphatic imine (C=N–C) groups is 4. The van der Waals surface area contributed by atoms with Crippen molar-refractivity contribution in [1.29, 1.82) is 0 Å². The molecule has 0 aliphatic carbocycles. The van der Waals surface area contributed by atoms with Gasteiger partial charge in [0.2, 0.25) is 11.9 Å². The molecule has 0 aromatic carbocycles. The van der Waals surface area contributed by atoms with Gasteiger partial charge in [0.15, 0.2) is 34.8 Å². The van der Waals surface area contributed by atoms with E-state index in [4.69, 9.17) is 20.9 Å². The fourth-order valence-electron chi connectivity index (χ4n) is 5.27. The number of H-pyrrole nitrogens is 2. The van der Waals surface area contributed by atoms with Crippen molar-refractivity contribution in [2.45, 2.75) is 49.0 Å². The van der Waals surface area contributed by atoms with Crippen LogP contribution in [-0.2, 0) is 9.47 Å². The molecule has 4 aromatic heterocycles. The van der Waals surface area contributed by atoms with Gasteiger partial charge in [-0.1, -0.05) is 0 Å². The molecule has 0 amide bonds. The van der Waals surface area contributed by atoms with E-state index >= 15 is 0 Å². The minimum absolute atomic E-state index is 0.0222. The molecule has 7 heterocycles. The summed E-state index contributed by atoms with van der Waals surface area (Å²) in [7, 11) is 0. The molecule has 4 aromatic rings. The van der Waals surface area contributed by atoms with Gasteiger partial charge < -0.3 is 31.2 Å². The number of nitrogen functional groups attached to an aromatic ring is 2. The second kappa shape index (κ2) is 9.77. The van der Waals surface area contributed by atoms with Gasteiger partial charge in [-0.2, -0.15) is 9.97 Å². The molecule has 216 valence electrons. The van der Waals surface area contributed by atoms with E-state index in [1.807, 2.05) is 0 Å². The first-order valence-electron chi connectivity index (χ1n) is 12.6. The molecule has 0 spiro atoms. The van der Waals surface area contributed by atoms with Crippen LogP contribution in [0.15, 0.2) is 42.2 Å². The molecule has 7 rings (SSSR count). The summed E-state index contributed by atoms with van der Waals surface area (Å²) in [6.07, 6.45) is -3.36. The molecule has 0 radical (unpaired) electrons. The summed E-state index contributed by atoms with van der Waals surface area (Å²) >= 11 is 0. The van der Waals surface area contributed by atoms with Crippen LogP contribution in [0, 0.1) is 0 Å². The van der Waals surface area contributed by atoms with Crippen molar-refractivity contribution >= 4 is 46.2 Å². The monoisotopic (exact) mass is 578 g/mol. The lowest BCUT2D eigenvalue weighted by atomic mass is 10.1. The van der Waals surface area contributed by atoms with Crippen molar-refractivity contribution in [2.75, 3.05) is 24.6 Å². The summed E-state index contributed by atoms with van der Waals surface area (Å²) < 4.78 is 14.9. The first-order valence-corrected chi connectivity index (χ1v) is 12.6. The number of anilines is 2. The lowest BCUT2D eigenvalue weighted by molar-refractivity contribution is -0.0320. The molecule has 20 heteroatoms. The van der Waals surface area contributed by atoms with Crippen LogP contribution in [0.4, 0.5) is 11.9 Å². The predicted octanol–water partition coefficient (Wildman–Crippen LogP) is -2.97. The molecule has 8 atom stereocenters. The Labute approximate surface area is 232 Å². The maximum atomic E-state index is 12.2. The van der Waals surface area contributed by atoms with Gasteiger partial charge in [-0.25, -0.2) is 29.9 Å². The smallest absolute Gasteiger partial charge is 0.280 e. The number of ether oxygens (including phenoxy) is 2. The van der Waals surface area contributed by atoms with E-state index in [0.29, 0.717) is 0 Å². The molecular formula is C22H22N14O6. The van der Waals surface area contributed by atoms with E-state index in [1.54, 1.807) is 0 Å². The number of rotatable bonds is 2. The summed E-state index contributed by atoms with van der Waals surface area (Å²) in [6.45, 7) is -0.0445. The second-order valence-electron chi connectivity index (χ2n) is 9.78. The number of hydrogen-bond acceptors (Lipinski definition) is 16. The summed E-state index contributed by atoms with van der Waals surface area (Å²) in [5.74, 6) is -0.238. The number of aromatic nitrogens is 8. The Morgan fingerprint density at radius 1 is 0.786 bits per heavy atom. The normalized spacial score (nSPS) is 30.9. The van der Waals surface area contributed by atoms with Gasteiger partial charge in [-0.05, 0) is 0 Å². The molecule has 8 N–H and O–H groups in total. The number of hydrogen-bond donors (Lipinski definition) is 6. The molecule has 3 aliphatic rings. The quantitative estimate of drug-likeness (QED) is 0.139. The van der Waals surface area contributed by atoms with Crippen LogP contribution < -0.4 is 22.6 Å². The first kappa shape index (κ1) is 25.8. The average molecular weight is 579 g/mol. The number of aliphatic hydroxyl groups excluding tert-OH is 2. The highest BCUT2D eigenvalue weighted by molar-refractivity contribution is 5.71. The number of aromatic amines is 2. The number of nitrogens with zero attached hydrogens (tertiary/aromatic N) is 10. The Balaban J connectivity index is 1.17.